The number of nitrogens with zero attached hydrogens (tertiary/aromatic N) is 2. The van der Waals surface area contributed by atoms with Crippen molar-refractivity contribution in [2.75, 3.05) is 7.05 Å². The molecule has 1 aromatic heterocycles. The fourth-order valence-electron chi connectivity index (χ4n) is 2.39. The van der Waals surface area contributed by atoms with Gasteiger partial charge in [0.25, 0.3) is 5.91 Å². The van der Waals surface area contributed by atoms with E-state index in [-0.39, 0.29) is 18.0 Å². The quantitative estimate of drug-likeness (QED) is 0.867. The van der Waals surface area contributed by atoms with Crippen molar-refractivity contribution in [3.63, 3.8) is 0 Å². The van der Waals surface area contributed by atoms with Crippen molar-refractivity contribution in [2.45, 2.75) is 37.8 Å². The van der Waals surface area contributed by atoms with Crippen LogP contribution < -0.4 is 5.73 Å². The summed E-state index contributed by atoms with van der Waals surface area (Å²) in [4.78, 5) is 17.6. The van der Waals surface area contributed by atoms with Crippen molar-refractivity contribution in [2.24, 2.45) is 5.73 Å². The molecule has 1 aliphatic rings. The molecule has 0 unspecified atom stereocenters. The fourth-order valence-corrected chi connectivity index (χ4v) is 2.39. The third kappa shape index (κ3) is 2.85. The summed E-state index contributed by atoms with van der Waals surface area (Å²) in [5.41, 5.74) is 6.14. The molecular weight excluding hydrogens is 233 g/mol. The first-order chi connectivity index (χ1) is 8.58. The Kier molecular flexibility index (Phi) is 3.91. The second kappa shape index (κ2) is 5.44. The normalized spacial score (nSPS) is 23.7. The van der Waals surface area contributed by atoms with Crippen LogP contribution in [0, 0.1) is 5.82 Å². The van der Waals surface area contributed by atoms with Gasteiger partial charge in [-0.2, -0.15) is 0 Å². The van der Waals surface area contributed by atoms with Crippen molar-refractivity contribution in [3.05, 3.63) is 29.8 Å². The molecule has 0 bridgehead atoms. The molecule has 18 heavy (non-hydrogen) atoms. The maximum Gasteiger partial charge on any atom is 0.255 e. The molecular formula is C13H18FN3O. The molecule has 0 spiro atoms. The summed E-state index contributed by atoms with van der Waals surface area (Å²) in [7, 11) is 1.76. The van der Waals surface area contributed by atoms with E-state index in [1.54, 1.807) is 11.9 Å². The van der Waals surface area contributed by atoms with E-state index < -0.39 is 5.82 Å². The number of amides is 1. The maximum atomic E-state index is 13.0. The van der Waals surface area contributed by atoms with Gasteiger partial charge in [0.2, 0.25) is 0 Å². The van der Waals surface area contributed by atoms with Crippen LogP contribution in [0.1, 0.15) is 36.0 Å². The van der Waals surface area contributed by atoms with Crippen LogP contribution in [0.4, 0.5) is 4.39 Å². The number of aromatic nitrogens is 1. The predicted octanol–water partition coefficient (Wildman–Crippen LogP) is 1.56. The third-order valence-corrected chi connectivity index (χ3v) is 3.56. The van der Waals surface area contributed by atoms with Crippen LogP contribution in [0.2, 0.25) is 0 Å². The molecule has 1 saturated carbocycles. The molecule has 4 nitrogen and oxygen atoms in total. The summed E-state index contributed by atoms with van der Waals surface area (Å²) in [5, 5.41) is 0. The lowest BCUT2D eigenvalue weighted by molar-refractivity contribution is 0.0689. The third-order valence-electron chi connectivity index (χ3n) is 3.56. The Labute approximate surface area is 106 Å². The number of halogens is 1. The summed E-state index contributed by atoms with van der Waals surface area (Å²) < 4.78 is 13.0. The molecule has 0 atom stereocenters. The smallest absolute Gasteiger partial charge is 0.255 e. The van der Waals surface area contributed by atoms with Gasteiger partial charge < -0.3 is 10.6 Å². The van der Waals surface area contributed by atoms with Crippen molar-refractivity contribution < 1.29 is 9.18 Å². The van der Waals surface area contributed by atoms with Gasteiger partial charge in [-0.15, -0.1) is 0 Å². The number of pyridine rings is 1. The van der Waals surface area contributed by atoms with Crippen molar-refractivity contribution in [3.8, 4) is 0 Å². The molecule has 1 aliphatic carbocycles. The molecule has 0 radical (unpaired) electrons. The predicted molar refractivity (Wildman–Crippen MR) is 66.5 cm³/mol. The molecule has 1 aromatic rings. The van der Waals surface area contributed by atoms with E-state index in [1.165, 1.54) is 12.3 Å². The van der Waals surface area contributed by atoms with Gasteiger partial charge in [-0.25, -0.2) is 4.39 Å². The maximum absolute atomic E-state index is 13.0. The molecule has 0 aliphatic heterocycles. The molecule has 1 heterocycles. The van der Waals surface area contributed by atoms with Crippen LogP contribution in [0.25, 0.3) is 0 Å². The first kappa shape index (κ1) is 13.0. The van der Waals surface area contributed by atoms with Crippen molar-refractivity contribution in [1.29, 1.82) is 0 Å². The lowest BCUT2D eigenvalue weighted by Crippen LogP contribution is -2.41. The highest BCUT2D eigenvalue weighted by Gasteiger charge is 2.25. The van der Waals surface area contributed by atoms with E-state index in [0.29, 0.717) is 5.56 Å². The van der Waals surface area contributed by atoms with Crippen LogP contribution in [0.5, 0.6) is 0 Å². The number of hydrogen-bond acceptors (Lipinski definition) is 3. The molecule has 2 N–H and O–H groups in total. The highest BCUT2D eigenvalue weighted by Crippen LogP contribution is 2.22. The zero-order valence-electron chi connectivity index (χ0n) is 10.5. The molecule has 0 aromatic carbocycles. The number of carbonyl (C=O) groups is 1. The molecule has 2 rings (SSSR count). The minimum absolute atomic E-state index is 0.178. The Morgan fingerprint density at radius 2 is 2.06 bits per heavy atom. The summed E-state index contributed by atoms with van der Waals surface area (Å²) >= 11 is 0. The minimum atomic E-state index is -0.486. The molecule has 0 saturated heterocycles. The average molecular weight is 251 g/mol. The van der Waals surface area contributed by atoms with E-state index in [0.717, 1.165) is 31.9 Å². The molecule has 1 amide bonds. The average Bonchev–Trinajstić information content (AvgIpc) is 2.38. The van der Waals surface area contributed by atoms with Gasteiger partial charge in [0, 0.05) is 25.3 Å². The minimum Gasteiger partial charge on any atom is -0.339 e. The van der Waals surface area contributed by atoms with Crippen LogP contribution in [0.3, 0.4) is 0 Å². The topological polar surface area (TPSA) is 59.2 Å². The Morgan fingerprint density at radius 1 is 1.39 bits per heavy atom. The number of hydrogen-bond donors (Lipinski definition) is 1. The van der Waals surface area contributed by atoms with Gasteiger partial charge in [-0.05, 0) is 31.7 Å². The summed E-state index contributed by atoms with van der Waals surface area (Å²) in [6, 6.07) is 1.67. The zero-order chi connectivity index (χ0) is 13.1. The lowest BCUT2D eigenvalue weighted by atomic mass is 9.91. The van der Waals surface area contributed by atoms with E-state index in [2.05, 4.69) is 4.98 Å². The largest absolute Gasteiger partial charge is 0.339 e. The Balaban J connectivity index is 2.04. The second-order valence-electron chi connectivity index (χ2n) is 4.88. The molecule has 1 fully saturated rings. The fraction of sp³-hybridized carbons (Fsp3) is 0.538. The van der Waals surface area contributed by atoms with Crippen LogP contribution in [-0.2, 0) is 0 Å². The summed E-state index contributed by atoms with van der Waals surface area (Å²) in [6.07, 6.45) is 6.18. The van der Waals surface area contributed by atoms with E-state index in [1.807, 2.05) is 0 Å². The lowest BCUT2D eigenvalue weighted by Gasteiger charge is -2.33. The number of rotatable bonds is 2. The highest BCUT2D eigenvalue weighted by molar-refractivity contribution is 5.93. The van der Waals surface area contributed by atoms with E-state index in [4.69, 9.17) is 5.73 Å². The number of carbonyl (C=O) groups excluding carboxylic acids is 1. The standard InChI is InChI=1S/C13H18FN3O/c1-17(12-4-2-11(15)3-5-12)13(18)9-6-10(14)8-16-7-9/h6-8,11-12H,2-5,15H2,1H3. The van der Waals surface area contributed by atoms with Gasteiger partial charge in [0.1, 0.15) is 5.82 Å². The van der Waals surface area contributed by atoms with Gasteiger partial charge in [-0.3, -0.25) is 9.78 Å². The second-order valence-corrected chi connectivity index (χ2v) is 4.88. The highest BCUT2D eigenvalue weighted by atomic mass is 19.1. The Morgan fingerprint density at radius 3 is 2.67 bits per heavy atom. The van der Waals surface area contributed by atoms with Gasteiger partial charge >= 0.3 is 0 Å². The van der Waals surface area contributed by atoms with Gasteiger partial charge in [0.15, 0.2) is 0 Å². The summed E-state index contributed by atoms with van der Waals surface area (Å²) in [5.74, 6) is -0.664. The Bertz CT molecular complexity index is 430. The first-order valence-corrected chi connectivity index (χ1v) is 6.21. The van der Waals surface area contributed by atoms with E-state index in [9.17, 15) is 9.18 Å². The first-order valence-electron chi connectivity index (χ1n) is 6.21. The monoisotopic (exact) mass is 251 g/mol. The zero-order valence-corrected chi connectivity index (χ0v) is 10.5. The van der Waals surface area contributed by atoms with E-state index >= 15 is 0 Å². The van der Waals surface area contributed by atoms with Crippen LogP contribution >= 0.6 is 0 Å². The van der Waals surface area contributed by atoms with Crippen molar-refractivity contribution in [1.82, 2.24) is 9.88 Å². The summed E-state index contributed by atoms with van der Waals surface area (Å²) in [6.45, 7) is 0. The molecule has 98 valence electrons. The van der Waals surface area contributed by atoms with Gasteiger partial charge in [-0.1, -0.05) is 0 Å². The number of nitrogens with two attached hydrogens (primary N) is 1. The Hall–Kier alpha value is -1.49. The van der Waals surface area contributed by atoms with Gasteiger partial charge in [0.05, 0.1) is 11.8 Å². The molecule has 5 heteroatoms. The SMILES string of the molecule is CN(C(=O)c1cncc(F)c1)C1CCC(N)CC1. The van der Waals surface area contributed by atoms with Crippen LogP contribution in [-0.4, -0.2) is 34.9 Å². The van der Waals surface area contributed by atoms with Crippen LogP contribution in [0.15, 0.2) is 18.5 Å². The van der Waals surface area contributed by atoms with Crippen molar-refractivity contribution >= 4 is 5.91 Å².